The first-order chi connectivity index (χ1) is 9.68. The molecule has 0 aliphatic carbocycles. The van der Waals surface area contributed by atoms with Crippen LogP contribution in [-0.4, -0.2) is 38.6 Å². The molecule has 0 spiro atoms. The standard InChI is InChI=1S/C15H21N5/c1-9-10(2)20(15-13(9)14(16)17-8-18-15)12-5-7-19-6-3-4-11(12)19/h8,11-12H,3-7H2,1-2H3,(H2,16,17,18). The number of rotatable bonds is 1. The summed E-state index contributed by atoms with van der Waals surface area (Å²) in [5.41, 5.74) is 9.62. The fraction of sp³-hybridized carbons (Fsp3) is 0.600. The molecule has 5 nitrogen and oxygen atoms in total. The number of aromatic nitrogens is 3. The van der Waals surface area contributed by atoms with Crippen LogP contribution in [-0.2, 0) is 0 Å². The van der Waals surface area contributed by atoms with Crippen LogP contribution in [0.5, 0.6) is 0 Å². The molecule has 2 fully saturated rings. The van der Waals surface area contributed by atoms with Crippen LogP contribution in [0.3, 0.4) is 0 Å². The molecule has 2 unspecified atom stereocenters. The van der Waals surface area contributed by atoms with Crippen LogP contribution in [0.25, 0.3) is 11.0 Å². The van der Waals surface area contributed by atoms with E-state index in [1.54, 1.807) is 6.33 Å². The Bertz CT molecular complexity index is 674. The first-order valence-corrected chi connectivity index (χ1v) is 7.50. The molecule has 4 rings (SSSR count). The molecule has 2 saturated heterocycles. The Morgan fingerprint density at radius 2 is 2.00 bits per heavy atom. The van der Waals surface area contributed by atoms with Gasteiger partial charge in [0.05, 0.1) is 11.4 Å². The highest BCUT2D eigenvalue weighted by Gasteiger charge is 2.39. The van der Waals surface area contributed by atoms with Crippen molar-refractivity contribution in [1.82, 2.24) is 19.4 Å². The van der Waals surface area contributed by atoms with Crippen molar-refractivity contribution in [3.63, 3.8) is 0 Å². The number of hydrogen-bond donors (Lipinski definition) is 1. The predicted molar refractivity (Wildman–Crippen MR) is 79.7 cm³/mol. The monoisotopic (exact) mass is 271 g/mol. The van der Waals surface area contributed by atoms with Crippen molar-refractivity contribution in [2.24, 2.45) is 0 Å². The van der Waals surface area contributed by atoms with E-state index in [1.807, 2.05) is 0 Å². The zero-order chi connectivity index (χ0) is 13.9. The van der Waals surface area contributed by atoms with E-state index in [0.717, 1.165) is 11.0 Å². The molecule has 2 N–H and O–H groups in total. The largest absolute Gasteiger partial charge is 0.383 e. The van der Waals surface area contributed by atoms with E-state index in [2.05, 4.69) is 33.3 Å². The van der Waals surface area contributed by atoms with E-state index in [-0.39, 0.29) is 0 Å². The normalized spacial score (nSPS) is 26.5. The first kappa shape index (κ1) is 12.1. The SMILES string of the molecule is Cc1c(C)n(C2CCN3CCCC23)c2ncnc(N)c12. The third-order valence-corrected chi connectivity index (χ3v) is 5.27. The number of nitrogens with two attached hydrogens (primary N) is 1. The lowest BCUT2D eigenvalue weighted by Crippen LogP contribution is -2.28. The molecule has 2 atom stereocenters. The number of anilines is 1. The van der Waals surface area contributed by atoms with Gasteiger partial charge in [0.1, 0.15) is 17.8 Å². The van der Waals surface area contributed by atoms with Crippen LogP contribution < -0.4 is 5.73 Å². The highest BCUT2D eigenvalue weighted by Crippen LogP contribution is 2.40. The molecule has 0 radical (unpaired) electrons. The second-order valence-corrected chi connectivity index (χ2v) is 6.14. The Hall–Kier alpha value is -1.62. The number of hydrogen-bond acceptors (Lipinski definition) is 4. The van der Waals surface area contributed by atoms with Gasteiger partial charge < -0.3 is 10.3 Å². The van der Waals surface area contributed by atoms with Gasteiger partial charge in [-0.3, -0.25) is 4.90 Å². The van der Waals surface area contributed by atoms with Gasteiger partial charge in [0.15, 0.2) is 0 Å². The number of aryl methyl sites for hydroxylation is 1. The van der Waals surface area contributed by atoms with E-state index in [1.165, 1.54) is 43.6 Å². The summed E-state index contributed by atoms with van der Waals surface area (Å²) in [7, 11) is 0. The Morgan fingerprint density at radius 1 is 1.15 bits per heavy atom. The first-order valence-electron chi connectivity index (χ1n) is 7.50. The summed E-state index contributed by atoms with van der Waals surface area (Å²) in [6.07, 6.45) is 5.45. The van der Waals surface area contributed by atoms with Gasteiger partial charge >= 0.3 is 0 Å². The summed E-state index contributed by atoms with van der Waals surface area (Å²) >= 11 is 0. The van der Waals surface area contributed by atoms with Gasteiger partial charge in [-0.2, -0.15) is 0 Å². The molecule has 0 aromatic carbocycles. The molecule has 2 aromatic heterocycles. The molecule has 4 heterocycles. The highest BCUT2D eigenvalue weighted by molar-refractivity contribution is 5.90. The number of nitrogen functional groups attached to an aromatic ring is 1. The summed E-state index contributed by atoms with van der Waals surface area (Å²) in [6, 6.07) is 1.22. The highest BCUT2D eigenvalue weighted by atomic mass is 15.3. The second kappa shape index (κ2) is 4.19. The van der Waals surface area contributed by atoms with Crippen LogP contribution in [0.1, 0.15) is 36.6 Å². The van der Waals surface area contributed by atoms with Crippen molar-refractivity contribution in [3.05, 3.63) is 17.6 Å². The number of nitrogens with zero attached hydrogens (tertiary/aromatic N) is 4. The fourth-order valence-electron chi connectivity index (χ4n) is 4.22. The minimum atomic E-state index is 0.544. The smallest absolute Gasteiger partial charge is 0.146 e. The average molecular weight is 271 g/mol. The van der Waals surface area contributed by atoms with Gasteiger partial charge in [-0.1, -0.05) is 0 Å². The summed E-state index contributed by atoms with van der Waals surface area (Å²) < 4.78 is 2.43. The molecular weight excluding hydrogens is 250 g/mol. The van der Waals surface area contributed by atoms with Crippen LogP contribution in [0.2, 0.25) is 0 Å². The van der Waals surface area contributed by atoms with Crippen molar-refractivity contribution in [1.29, 1.82) is 0 Å². The minimum absolute atomic E-state index is 0.544. The third-order valence-electron chi connectivity index (χ3n) is 5.27. The second-order valence-electron chi connectivity index (χ2n) is 6.14. The quantitative estimate of drug-likeness (QED) is 0.862. The average Bonchev–Trinajstić information content (AvgIpc) is 3.07. The molecule has 0 bridgehead atoms. The molecule has 2 aromatic rings. The van der Waals surface area contributed by atoms with Crippen LogP contribution in [0.15, 0.2) is 6.33 Å². The maximum Gasteiger partial charge on any atom is 0.146 e. The van der Waals surface area contributed by atoms with Crippen LogP contribution in [0, 0.1) is 13.8 Å². The zero-order valence-corrected chi connectivity index (χ0v) is 12.1. The summed E-state index contributed by atoms with van der Waals surface area (Å²) in [4.78, 5) is 11.3. The lowest BCUT2D eigenvalue weighted by atomic mass is 10.1. The molecule has 0 amide bonds. The molecule has 5 heteroatoms. The number of fused-ring (bicyclic) bond motifs is 2. The third kappa shape index (κ3) is 1.47. The maximum absolute atomic E-state index is 6.07. The van der Waals surface area contributed by atoms with E-state index >= 15 is 0 Å². The summed E-state index contributed by atoms with van der Waals surface area (Å²) in [5.74, 6) is 0.607. The van der Waals surface area contributed by atoms with Crippen LogP contribution >= 0.6 is 0 Å². The van der Waals surface area contributed by atoms with E-state index in [0.29, 0.717) is 17.9 Å². The van der Waals surface area contributed by atoms with Crippen molar-refractivity contribution in [2.45, 2.75) is 45.2 Å². The molecule has 2 aliphatic heterocycles. The predicted octanol–water partition coefficient (Wildman–Crippen LogP) is 2.04. The fourth-order valence-corrected chi connectivity index (χ4v) is 4.22. The Morgan fingerprint density at radius 3 is 2.85 bits per heavy atom. The lowest BCUT2D eigenvalue weighted by Gasteiger charge is -2.23. The molecular formula is C15H21N5. The van der Waals surface area contributed by atoms with Crippen molar-refractivity contribution in [2.75, 3.05) is 18.8 Å². The Kier molecular flexibility index (Phi) is 2.54. The summed E-state index contributed by atoms with van der Waals surface area (Å²) in [5, 5.41) is 1.04. The van der Waals surface area contributed by atoms with Gasteiger partial charge in [-0.25, -0.2) is 9.97 Å². The van der Waals surface area contributed by atoms with E-state index in [9.17, 15) is 0 Å². The van der Waals surface area contributed by atoms with Gasteiger partial charge in [-0.15, -0.1) is 0 Å². The Balaban J connectivity index is 1.92. The molecule has 2 aliphatic rings. The van der Waals surface area contributed by atoms with Crippen molar-refractivity contribution >= 4 is 16.9 Å². The maximum atomic E-state index is 6.07. The van der Waals surface area contributed by atoms with Crippen molar-refractivity contribution in [3.8, 4) is 0 Å². The van der Waals surface area contributed by atoms with E-state index < -0.39 is 0 Å². The molecule has 0 saturated carbocycles. The molecule has 20 heavy (non-hydrogen) atoms. The Labute approximate surface area is 118 Å². The van der Waals surface area contributed by atoms with Gasteiger partial charge in [0.25, 0.3) is 0 Å². The van der Waals surface area contributed by atoms with Gasteiger partial charge in [0, 0.05) is 18.3 Å². The van der Waals surface area contributed by atoms with Crippen LogP contribution in [0.4, 0.5) is 5.82 Å². The van der Waals surface area contributed by atoms with Crippen molar-refractivity contribution < 1.29 is 0 Å². The zero-order valence-electron chi connectivity index (χ0n) is 12.1. The minimum Gasteiger partial charge on any atom is -0.383 e. The van der Waals surface area contributed by atoms with E-state index in [4.69, 9.17) is 5.73 Å². The topological polar surface area (TPSA) is 60.0 Å². The molecule has 106 valence electrons. The van der Waals surface area contributed by atoms with Gasteiger partial charge in [0.2, 0.25) is 0 Å². The summed E-state index contributed by atoms with van der Waals surface area (Å²) in [6.45, 7) is 6.80. The lowest BCUT2D eigenvalue weighted by molar-refractivity contribution is 0.291. The van der Waals surface area contributed by atoms with Gasteiger partial charge in [-0.05, 0) is 45.2 Å².